The quantitative estimate of drug-likeness (QED) is 0.881. The van der Waals surface area contributed by atoms with Crippen LogP contribution in [0.2, 0.25) is 0 Å². The van der Waals surface area contributed by atoms with Crippen molar-refractivity contribution >= 4 is 16.6 Å². The first-order valence-corrected chi connectivity index (χ1v) is 6.42. The maximum Gasteiger partial charge on any atom is 0.416 e. The van der Waals surface area contributed by atoms with Gasteiger partial charge < -0.3 is 5.32 Å². The van der Waals surface area contributed by atoms with E-state index in [-0.39, 0.29) is 6.04 Å². The Balaban J connectivity index is 2.38. The molecule has 1 N–H and O–H groups in total. The van der Waals surface area contributed by atoms with Crippen molar-refractivity contribution in [2.45, 2.75) is 32.5 Å². The van der Waals surface area contributed by atoms with Crippen LogP contribution >= 0.6 is 0 Å². The lowest BCUT2D eigenvalue weighted by molar-refractivity contribution is -0.137. The number of hydrogen-bond acceptors (Lipinski definition) is 2. The lowest BCUT2D eigenvalue weighted by atomic mass is 10.1. The van der Waals surface area contributed by atoms with Crippen molar-refractivity contribution in [2.75, 3.05) is 5.32 Å². The second kappa shape index (κ2) is 5.69. The van der Waals surface area contributed by atoms with Crippen LogP contribution in [0.1, 0.15) is 25.8 Å². The van der Waals surface area contributed by atoms with Crippen LogP contribution in [-0.4, -0.2) is 11.0 Å². The number of benzene rings is 1. The third-order valence-electron chi connectivity index (χ3n) is 3.06. The van der Waals surface area contributed by atoms with Gasteiger partial charge in [0.1, 0.15) is 0 Å². The summed E-state index contributed by atoms with van der Waals surface area (Å²) in [5, 5.41) is 3.99. The molecule has 1 unspecified atom stereocenters. The van der Waals surface area contributed by atoms with Crippen LogP contribution in [0, 0.1) is 6.42 Å². The van der Waals surface area contributed by atoms with Crippen LogP contribution in [0.5, 0.6) is 0 Å². The summed E-state index contributed by atoms with van der Waals surface area (Å²) in [4.78, 5) is 4.02. The molecule has 0 spiro atoms. The molecule has 1 aromatic carbocycles. The van der Waals surface area contributed by atoms with Gasteiger partial charge in [-0.15, -0.1) is 0 Å². The minimum atomic E-state index is -4.34. The molecule has 0 fully saturated rings. The molecule has 1 radical (unpaired) electrons. The van der Waals surface area contributed by atoms with Gasteiger partial charge >= 0.3 is 6.18 Å². The van der Waals surface area contributed by atoms with Crippen LogP contribution in [0.4, 0.5) is 18.9 Å². The van der Waals surface area contributed by atoms with Gasteiger partial charge in [-0.2, -0.15) is 13.2 Å². The van der Waals surface area contributed by atoms with Crippen LogP contribution in [0.25, 0.3) is 10.9 Å². The second-order valence-corrected chi connectivity index (χ2v) is 4.78. The smallest absolute Gasteiger partial charge is 0.382 e. The molecule has 5 heteroatoms. The van der Waals surface area contributed by atoms with Crippen molar-refractivity contribution < 1.29 is 13.2 Å². The minimum absolute atomic E-state index is 0.216. The number of rotatable bonds is 4. The van der Waals surface area contributed by atoms with Crippen molar-refractivity contribution in [1.29, 1.82) is 0 Å². The van der Waals surface area contributed by atoms with Gasteiger partial charge in [-0.25, -0.2) is 0 Å². The number of pyridine rings is 1. The Morgan fingerprint density at radius 3 is 2.70 bits per heavy atom. The molecule has 107 valence electrons. The fourth-order valence-corrected chi connectivity index (χ4v) is 2.13. The van der Waals surface area contributed by atoms with E-state index in [0.29, 0.717) is 10.9 Å². The summed E-state index contributed by atoms with van der Waals surface area (Å²) in [5.41, 5.74) is 0.472. The Kier molecular flexibility index (Phi) is 4.16. The molecule has 20 heavy (non-hydrogen) atoms. The number of aromatic nitrogens is 1. The van der Waals surface area contributed by atoms with Crippen molar-refractivity contribution in [2.24, 2.45) is 0 Å². The number of nitrogens with one attached hydrogen (secondary N) is 1. The van der Waals surface area contributed by atoms with Crippen LogP contribution < -0.4 is 5.32 Å². The molecule has 0 saturated carbocycles. The van der Waals surface area contributed by atoms with Gasteiger partial charge in [0, 0.05) is 23.3 Å². The fraction of sp³-hybridized carbons (Fsp3) is 0.333. The summed E-state index contributed by atoms with van der Waals surface area (Å²) in [6.07, 6.45) is 0.101. The highest BCUT2D eigenvalue weighted by molar-refractivity contribution is 5.91. The third kappa shape index (κ3) is 3.21. The summed E-state index contributed by atoms with van der Waals surface area (Å²) >= 11 is 0. The normalized spacial score (nSPS) is 13.4. The van der Waals surface area contributed by atoms with Gasteiger partial charge in [0.05, 0.1) is 11.1 Å². The van der Waals surface area contributed by atoms with Crippen molar-refractivity contribution in [1.82, 2.24) is 4.98 Å². The van der Waals surface area contributed by atoms with Gasteiger partial charge in [0.25, 0.3) is 0 Å². The van der Waals surface area contributed by atoms with Gasteiger partial charge in [0.15, 0.2) is 0 Å². The summed E-state index contributed by atoms with van der Waals surface area (Å²) in [6.45, 7) is 3.99. The molecule has 0 aliphatic carbocycles. The van der Waals surface area contributed by atoms with Crippen molar-refractivity contribution in [3.63, 3.8) is 0 Å². The van der Waals surface area contributed by atoms with Crippen LogP contribution in [0.15, 0.2) is 30.5 Å². The largest absolute Gasteiger partial charge is 0.416 e. The number of nitrogens with zero attached hydrogens (tertiary/aromatic N) is 1. The molecule has 0 aliphatic heterocycles. The lowest BCUT2D eigenvalue weighted by Gasteiger charge is -2.16. The van der Waals surface area contributed by atoms with Gasteiger partial charge in [-0.1, -0.05) is 13.0 Å². The van der Waals surface area contributed by atoms with Crippen LogP contribution in [0.3, 0.4) is 0 Å². The highest BCUT2D eigenvalue weighted by Crippen LogP contribution is 2.32. The van der Waals surface area contributed by atoms with E-state index in [1.165, 1.54) is 12.3 Å². The zero-order valence-corrected chi connectivity index (χ0v) is 11.3. The average Bonchev–Trinajstić information content (AvgIpc) is 2.37. The van der Waals surface area contributed by atoms with E-state index in [1.807, 2.05) is 20.3 Å². The number of anilines is 1. The summed E-state index contributed by atoms with van der Waals surface area (Å²) < 4.78 is 38.0. The first-order chi connectivity index (χ1) is 9.41. The summed E-state index contributed by atoms with van der Waals surface area (Å²) in [6, 6.07) is 5.63. The Morgan fingerprint density at radius 2 is 2.05 bits per heavy atom. The standard InChI is InChI=1S/C15H16F3N2/c1-3-4-10(2)20-13-7-8-19-14-9-11(15(16,17)18)5-6-12(13)14/h3,5-10H,4H2,1-2H3,(H,19,20). The molecule has 0 bridgehead atoms. The number of hydrogen-bond donors (Lipinski definition) is 1. The number of alkyl halides is 3. The van der Waals surface area contributed by atoms with E-state index in [1.54, 1.807) is 6.07 Å². The Bertz CT molecular complexity index is 593. The molecule has 0 amide bonds. The first-order valence-electron chi connectivity index (χ1n) is 6.42. The van der Waals surface area contributed by atoms with E-state index in [0.717, 1.165) is 24.2 Å². The Morgan fingerprint density at radius 1 is 1.30 bits per heavy atom. The zero-order chi connectivity index (χ0) is 14.8. The van der Waals surface area contributed by atoms with E-state index in [4.69, 9.17) is 0 Å². The SMILES string of the molecule is C[CH]CC(C)Nc1ccnc2cc(C(F)(F)F)ccc12. The molecule has 0 aliphatic rings. The summed E-state index contributed by atoms with van der Waals surface area (Å²) in [5.74, 6) is 0. The molecule has 1 heterocycles. The van der Waals surface area contributed by atoms with E-state index in [9.17, 15) is 13.2 Å². The summed E-state index contributed by atoms with van der Waals surface area (Å²) in [7, 11) is 0. The molecule has 2 rings (SSSR count). The highest BCUT2D eigenvalue weighted by atomic mass is 19.4. The maximum atomic E-state index is 12.7. The second-order valence-electron chi connectivity index (χ2n) is 4.78. The number of fused-ring (bicyclic) bond motifs is 1. The van der Waals surface area contributed by atoms with Gasteiger partial charge in [-0.3, -0.25) is 4.98 Å². The van der Waals surface area contributed by atoms with Crippen molar-refractivity contribution in [3.8, 4) is 0 Å². The Hall–Kier alpha value is -1.78. The lowest BCUT2D eigenvalue weighted by Crippen LogP contribution is -2.15. The Labute approximate surface area is 116 Å². The fourth-order valence-electron chi connectivity index (χ4n) is 2.13. The third-order valence-corrected chi connectivity index (χ3v) is 3.06. The zero-order valence-electron chi connectivity index (χ0n) is 11.3. The predicted octanol–water partition coefficient (Wildman–Crippen LogP) is 4.67. The molecule has 1 atom stereocenters. The van der Waals surface area contributed by atoms with Crippen molar-refractivity contribution in [3.05, 3.63) is 42.4 Å². The van der Waals surface area contributed by atoms with E-state index in [2.05, 4.69) is 10.3 Å². The number of halogens is 3. The van der Waals surface area contributed by atoms with Crippen LogP contribution in [-0.2, 0) is 6.18 Å². The molecule has 2 nitrogen and oxygen atoms in total. The first kappa shape index (κ1) is 14.6. The molecule has 1 aromatic heterocycles. The molecular formula is C15H16F3N2. The average molecular weight is 281 g/mol. The van der Waals surface area contributed by atoms with E-state index < -0.39 is 11.7 Å². The van der Waals surface area contributed by atoms with Gasteiger partial charge in [-0.05, 0) is 38.0 Å². The minimum Gasteiger partial charge on any atom is -0.382 e. The molecule has 0 saturated heterocycles. The molecule has 2 aromatic rings. The van der Waals surface area contributed by atoms with E-state index >= 15 is 0 Å². The van der Waals surface area contributed by atoms with Gasteiger partial charge in [0.2, 0.25) is 0 Å². The monoisotopic (exact) mass is 281 g/mol. The topological polar surface area (TPSA) is 24.9 Å². The molecular weight excluding hydrogens is 265 g/mol. The predicted molar refractivity (Wildman–Crippen MR) is 74.4 cm³/mol. The maximum absolute atomic E-state index is 12.7. The highest BCUT2D eigenvalue weighted by Gasteiger charge is 2.30.